The van der Waals surface area contributed by atoms with Crippen molar-refractivity contribution in [2.24, 2.45) is 0 Å². The second-order valence-corrected chi connectivity index (χ2v) is 4.90. The Balaban J connectivity index is 2.01. The average Bonchev–Trinajstić information content (AvgIpc) is 2.45. The van der Waals surface area contributed by atoms with Crippen LogP contribution in [0, 0.1) is 0 Å². The topological polar surface area (TPSA) is 26.3 Å². The summed E-state index contributed by atoms with van der Waals surface area (Å²) in [5.41, 5.74) is 2.05. The van der Waals surface area contributed by atoms with E-state index in [1.165, 1.54) is 6.08 Å². The number of hydrogen-bond acceptors (Lipinski definition) is 2. The molecule has 0 amide bonds. The van der Waals surface area contributed by atoms with E-state index in [0.29, 0.717) is 6.61 Å². The first kappa shape index (κ1) is 13.6. The van der Waals surface area contributed by atoms with Gasteiger partial charge in [-0.05, 0) is 41.5 Å². The lowest BCUT2D eigenvalue weighted by Gasteiger charge is -2.07. The molecule has 0 saturated carbocycles. The van der Waals surface area contributed by atoms with Gasteiger partial charge in [0, 0.05) is 4.47 Å². The standard InChI is InChI=1S/C16H13BrO2/c17-15-8-6-14(7-9-15)12-19-16-5-1-3-13(11-16)4-2-10-18/h1-11H,12H2/b4-2+. The van der Waals surface area contributed by atoms with E-state index >= 15 is 0 Å². The Morgan fingerprint density at radius 3 is 2.63 bits per heavy atom. The van der Waals surface area contributed by atoms with E-state index in [-0.39, 0.29) is 0 Å². The van der Waals surface area contributed by atoms with Crippen molar-refractivity contribution in [3.8, 4) is 5.75 Å². The van der Waals surface area contributed by atoms with Crippen LogP contribution < -0.4 is 4.74 Å². The van der Waals surface area contributed by atoms with Crippen LogP contribution >= 0.6 is 15.9 Å². The van der Waals surface area contributed by atoms with Gasteiger partial charge in [0.25, 0.3) is 0 Å². The largest absolute Gasteiger partial charge is 0.489 e. The summed E-state index contributed by atoms with van der Waals surface area (Å²) in [6, 6.07) is 15.6. The molecule has 0 fully saturated rings. The normalized spacial score (nSPS) is 10.6. The number of benzene rings is 2. The summed E-state index contributed by atoms with van der Waals surface area (Å²) in [4.78, 5) is 10.3. The van der Waals surface area contributed by atoms with E-state index < -0.39 is 0 Å². The van der Waals surface area contributed by atoms with Gasteiger partial charge < -0.3 is 4.74 Å². The van der Waals surface area contributed by atoms with Crippen LogP contribution in [0.25, 0.3) is 6.08 Å². The van der Waals surface area contributed by atoms with Crippen LogP contribution in [0.1, 0.15) is 11.1 Å². The number of allylic oxidation sites excluding steroid dienone is 1. The molecule has 3 heteroatoms. The number of ether oxygens (including phenoxy) is 1. The Kier molecular flexibility index (Phi) is 4.93. The third kappa shape index (κ3) is 4.38. The van der Waals surface area contributed by atoms with Gasteiger partial charge in [-0.3, -0.25) is 4.79 Å². The molecule has 2 rings (SSSR count). The Bertz CT molecular complexity index is 574. The van der Waals surface area contributed by atoms with Gasteiger partial charge in [-0.15, -0.1) is 0 Å². The average molecular weight is 317 g/mol. The molecule has 0 spiro atoms. The van der Waals surface area contributed by atoms with Crippen LogP contribution in [-0.4, -0.2) is 6.29 Å². The molecule has 0 aliphatic heterocycles. The summed E-state index contributed by atoms with van der Waals surface area (Å²) in [5, 5.41) is 0. The zero-order valence-corrected chi connectivity index (χ0v) is 11.8. The van der Waals surface area contributed by atoms with Gasteiger partial charge in [-0.25, -0.2) is 0 Å². The van der Waals surface area contributed by atoms with Gasteiger partial charge in [0.05, 0.1) is 0 Å². The molecular weight excluding hydrogens is 304 g/mol. The summed E-state index contributed by atoms with van der Waals surface area (Å²) >= 11 is 3.40. The number of aldehydes is 1. The van der Waals surface area contributed by atoms with Crippen molar-refractivity contribution in [1.29, 1.82) is 0 Å². The molecule has 0 unspecified atom stereocenters. The fourth-order valence-electron chi connectivity index (χ4n) is 1.61. The first-order valence-electron chi connectivity index (χ1n) is 5.87. The van der Waals surface area contributed by atoms with Crippen molar-refractivity contribution in [3.63, 3.8) is 0 Å². The number of rotatable bonds is 5. The SMILES string of the molecule is O=C/C=C/c1cccc(OCc2ccc(Br)cc2)c1. The van der Waals surface area contributed by atoms with Crippen LogP contribution in [0.15, 0.2) is 59.1 Å². The molecule has 0 N–H and O–H groups in total. The first-order chi connectivity index (χ1) is 9.28. The Morgan fingerprint density at radius 2 is 1.89 bits per heavy atom. The maximum absolute atomic E-state index is 10.3. The third-order valence-electron chi connectivity index (χ3n) is 2.54. The second kappa shape index (κ2) is 6.90. The number of carbonyl (C=O) groups is 1. The summed E-state index contributed by atoms with van der Waals surface area (Å²) < 4.78 is 6.77. The zero-order valence-electron chi connectivity index (χ0n) is 10.3. The Morgan fingerprint density at radius 1 is 1.11 bits per heavy atom. The van der Waals surface area contributed by atoms with Crippen molar-refractivity contribution in [1.82, 2.24) is 0 Å². The molecule has 2 aromatic carbocycles. The summed E-state index contributed by atoms with van der Waals surface area (Å²) in [5.74, 6) is 0.788. The molecule has 0 radical (unpaired) electrons. The molecule has 0 aliphatic carbocycles. The van der Waals surface area contributed by atoms with Crippen molar-refractivity contribution < 1.29 is 9.53 Å². The minimum Gasteiger partial charge on any atom is -0.489 e. The monoisotopic (exact) mass is 316 g/mol. The Hall–Kier alpha value is -1.87. The molecule has 0 aliphatic rings. The van der Waals surface area contributed by atoms with Crippen LogP contribution in [0.2, 0.25) is 0 Å². The molecule has 19 heavy (non-hydrogen) atoms. The predicted octanol–water partition coefficient (Wildman–Crippen LogP) is 4.24. The highest BCUT2D eigenvalue weighted by Gasteiger charge is 1.97. The molecule has 0 bridgehead atoms. The van der Waals surface area contributed by atoms with Crippen molar-refractivity contribution in [3.05, 3.63) is 70.2 Å². The number of carbonyl (C=O) groups excluding carboxylic acids is 1. The van der Waals surface area contributed by atoms with Gasteiger partial charge in [0.15, 0.2) is 0 Å². The maximum atomic E-state index is 10.3. The van der Waals surface area contributed by atoms with E-state index in [1.54, 1.807) is 6.08 Å². The third-order valence-corrected chi connectivity index (χ3v) is 3.07. The minimum absolute atomic E-state index is 0.522. The minimum atomic E-state index is 0.522. The quantitative estimate of drug-likeness (QED) is 0.609. The van der Waals surface area contributed by atoms with E-state index in [1.807, 2.05) is 48.5 Å². The number of hydrogen-bond donors (Lipinski definition) is 0. The van der Waals surface area contributed by atoms with Crippen LogP contribution in [-0.2, 0) is 11.4 Å². The molecular formula is C16H13BrO2. The van der Waals surface area contributed by atoms with Crippen molar-refractivity contribution in [2.45, 2.75) is 6.61 Å². The van der Waals surface area contributed by atoms with Crippen LogP contribution in [0.5, 0.6) is 5.75 Å². The molecule has 2 aromatic rings. The summed E-state index contributed by atoms with van der Waals surface area (Å²) in [6.07, 6.45) is 3.97. The highest BCUT2D eigenvalue weighted by atomic mass is 79.9. The molecule has 0 aromatic heterocycles. The zero-order chi connectivity index (χ0) is 13.5. The van der Waals surface area contributed by atoms with Crippen LogP contribution in [0.4, 0.5) is 0 Å². The molecule has 0 saturated heterocycles. The lowest BCUT2D eigenvalue weighted by molar-refractivity contribution is -0.104. The van der Waals surface area contributed by atoms with Gasteiger partial charge >= 0.3 is 0 Å². The predicted molar refractivity (Wildman–Crippen MR) is 80.0 cm³/mol. The first-order valence-corrected chi connectivity index (χ1v) is 6.66. The van der Waals surface area contributed by atoms with Crippen molar-refractivity contribution >= 4 is 28.3 Å². The summed E-state index contributed by atoms with van der Waals surface area (Å²) in [7, 11) is 0. The Labute approximate surface area is 120 Å². The fourth-order valence-corrected chi connectivity index (χ4v) is 1.87. The maximum Gasteiger partial charge on any atom is 0.142 e. The van der Waals surface area contributed by atoms with Crippen LogP contribution in [0.3, 0.4) is 0 Å². The smallest absolute Gasteiger partial charge is 0.142 e. The van der Waals surface area contributed by atoms with E-state index in [0.717, 1.165) is 27.6 Å². The molecule has 2 nitrogen and oxygen atoms in total. The van der Waals surface area contributed by atoms with Gasteiger partial charge in [0.2, 0.25) is 0 Å². The molecule has 96 valence electrons. The lowest BCUT2D eigenvalue weighted by Crippen LogP contribution is -1.95. The van der Waals surface area contributed by atoms with Gasteiger partial charge in [-0.1, -0.05) is 46.3 Å². The van der Waals surface area contributed by atoms with E-state index in [9.17, 15) is 4.79 Å². The second-order valence-electron chi connectivity index (χ2n) is 3.98. The fraction of sp³-hybridized carbons (Fsp3) is 0.0625. The van der Waals surface area contributed by atoms with E-state index in [4.69, 9.17) is 4.74 Å². The summed E-state index contributed by atoms with van der Waals surface area (Å²) in [6.45, 7) is 0.522. The van der Waals surface area contributed by atoms with Gasteiger partial charge in [0.1, 0.15) is 18.6 Å². The number of halogens is 1. The molecule has 0 heterocycles. The molecule has 0 atom stereocenters. The highest BCUT2D eigenvalue weighted by molar-refractivity contribution is 9.10. The van der Waals surface area contributed by atoms with E-state index in [2.05, 4.69) is 15.9 Å². The lowest BCUT2D eigenvalue weighted by atomic mass is 10.2. The highest BCUT2D eigenvalue weighted by Crippen LogP contribution is 2.17. The van der Waals surface area contributed by atoms with Crippen molar-refractivity contribution in [2.75, 3.05) is 0 Å². The van der Waals surface area contributed by atoms with Gasteiger partial charge in [-0.2, -0.15) is 0 Å².